The van der Waals surface area contributed by atoms with Crippen LogP contribution in [-0.2, 0) is 6.18 Å². The lowest BCUT2D eigenvalue weighted by Gasteiger charge is -2.16. The summed E-state index contributed by atoms with van der Waals surface area (Å²) in [6.45, 7) is 0. The predicted octanol–water partition coefficient (Wildman–Crippen LogP) is 1.95. The summed E-state index contributed by atoms with van der Waals surface area (Å²) in [6.07, 6.45) is -4.66. The van der Waals surface area contributed by atoms with Gasteiger partial charge in [-0.15, -0.1) is 0 Å². The molecule has 1 rings (SSSR count). The number of hydrazone groups is 1. The van der Waals surface area contributed by atoms with E-state index in [0.29, 0.717) is 0 Å². The minimum Gasteiger partial charge on any atom is -0.496 e. The van der Waals surface area contributed by atoms with Crippen molar-refractivity contribution >= 4 is 17.2 Å². The van der Waals surface area contributed by atoms with Crippen molar-refractivity contribution in [2.45, 2.75) is 6.18 Å². The average Bonchev–Trinajstić information content (AvgIpc) is 2.45. The maximum atomic E-state index is 13.0. The van der Waals surface area contributed by atoms with Gasteiger partial charge in [0.15, 0.2) is 5.84 Å². The summed E-state index contributed by atoms with van der Waals surface area (Å²) in [4.78, 5) is 0. The topological polar surface area (TPSA) is 117 Å². The van der Waals surface area contributed by atoms with Crippen molar-refractivity contribution in [3.8, 4) is 17.6 Å². The second-order valence-corrected chi connectivity index (χ2v) is 3.85. The maximum absolute atomic E-state index is 13.0. The number of alkyl halides is 3. The number of hydrogen-bond donors (Lipinski definition) is 3. The molecule has 0 bridgehead atoms. The molecule has 0 amide bonds. The van der Waals surface area contributed by atoms with E-state index in [0.717, 1.165) is 19.2 Å². The van der Waals surface area contributed by atoms with E-state index in [1.54, 1.807) is 0 Å². The SMILES string of the molecule is COc1cc(OC)c(C(F)(F)F)cc1N/N=C(\C#N)C(=N)N. The van der Waals surface area contributed by atoms with E-state index in [9.17, 15) is 13.2 Å². The summed E-state index contributed by atoms with van der Waals surface area (Å²) in [6, 6.07) is 3.27. The Bertz CT molecular complexity index is 649. The van der Waals surface area contributed by atoms with Gasteiger partial charge < -0.3 is 15.2 Å². The van der Waals surface area contributed by atoms with Crippen molar-refractivity contribution in [3.63, 3.8) is 0 Å². The summed E-state index contributed by atoms with van der Waals surface area (Å²) < 4.78 is 48.5. The maximum Gasteiger partial charge on any atom is 0.420 e. The van der Waals surface area contributed by atoms with Crippen molar-refractivity contribution in [2.24, 2.45) is 10.8 Å². The Kier molecular flexibility index (Phi) is 5.18. The van der Waals surface area contributed by atoms with Crippen molar-refractivity contribution < 1.29 is 22.6 Å². The number of halogens is 3. The van der Waals surface area contributed by atoms with Crippen LogP contribution >= 0.6 is 0 Å². The zero-order valence-corrected chi connectivity index (χ0v) is 11.6. The first-order valence-electron chi connectivity index (χ1n) is 5.66. The van der Waals surface area contributed by atoms with Gasteiger partial charge >= 0.3 is 6.18 Å². The predicted molar refractivity (Wildman–Crippen MR) is 73.1 cm³/mol. The molecule has 0 radical (unpaired) electrons. The first-order valence-corrected chi connectivity index (χ1v) is 5.66. The Morgan fingerprint density at radius 1 is 1.32 bits per heavy atom. The molecule has 0 spiro atoms. The molecule has 0 atom stereocenters. The normalized spacial score (nSPS) is 11.5. The number of nitrogens with zero attached hydrogens (tertiary/aromatic N) is 2. The highest BCUT2D eigenvalue weighted by Crippen LogP contribution is 2.41. The molecule has 118 valence electrons. The van der Waals surface area contributed by atoms with Crippen molar-refractivity contribution in [1.29, 1.82) is 10.7 Å². The molecule has 1 aromatic carbocycles. The van der Waals surface area contributed by atoms with Gasteiger partial charge in [-0.3, -0.25) is 10.8 Å². The van der Waals surface area contributed by atoms with Crippen LogP contribution in [0.1, 0.15) is 5.56 Å². The highest BCUT2D eigenvalue weighted by Gasteiger charge is 2.35. The van der Waals surface area contributed by atoms with Crippen LogP contribution in [-0.4, -0.2) is 25.8 Å². The Labute approximate surface area is 123 Å². The van der Waals surface area contributed by atoms with Crippen molar-refractivity contribution in [1.82, 2.24) is 0 Å². The third-order valence-corrected chi connectivity index (χ3v) is 2.48. The highest BCUT2D eigenvalue weighted by atomic mass is 19.4. The summed E-state index contributed by atoms with van der Waals surface area (Å²) in [5.74, 6) is -1.04. The zero-order chi connectivity index (χ0) is 16.9. The Morgan fingerprint density at radius 2 is 1.91 bits per heavy atom. The molecule has 7 nitrogen and oxygen atoms in total. The standard InChI is InChI=1S/C12H12F3N5O2/c1-21-9-4-10(22-2)7(3-6(9)12(13,14)15)19-20-8(5-16)11(17)18/h3-4,19H,1-2H3,(H3,17,18)/b20-8+. The Balaban J connectivity index is 3.35. The largest absolute Gasteiger partial charge is 0.496 e. The summed E-state index contributed by atoms with van der Waals surface area (Å²) in [5.41, 5.74) is 5.62. The summed E-state index contributed by atoms with van der Waals surface area (Å²) in [7, 11) is 2.34. The van der Waals surface area contributed by atoms with Gasteiger partial charge in [-0.05, 0) is 6.07 Å². The number of hydrogen-bond acceptors (Lipinski definition) is 6. The van der Waals surface area contributed by atoms with Crippen LogP contribution in [0.25, 0.3) is 0 Å². The minimum atomic E-state index is -4.66. The number of nitriles is 1. The minimum absolute atomic E-state index is 0.00874. The molecular weight excluding hydrogens is 303 g/mol. The van der Waals surface area contributed by atoms with Crippen molar-refractivity contribution in [3.05, 3.63) is 17.7 Å². The zero-order valence-electron chi connectivity index (χ0n) is 11.6. The second kappa shape index (κ2) is 6.66. The van der Waals surface area contributed by atoms with Gasteiger partial charge in [-0.25, -0.2) is 0 Å². The van der Waals surface area contributed by atoms with E-state index in [2.05, 4.69) is 15.3 Å². The number of nitrogens with two attached hydrogens (primary N) is 1. The number of methoxy groups -OCH3 is 2. The Hall–Kier alpha value is -2.96. The average molecular weight is 315 g/mol. The first-order chi connectivity index (χ1) is 10.2. The molecule has 0 unspecified atom stereocenters. The summed E-state index contributed by atoms with van der Waals surface area (Å²) in [5, 5.41) is 19.2. The van der Waals surface area contributed by atoms with Crippen LogP contribution < -0.4 is 20.6 Å². The van der Waals surface area contributed by atoms with Gasteiger partial charge in [0.2, 0.25) is 5.71 Å². The fraction of sp³-hybridized carbons (Fsp3) is 0.250. The molecule has 0 aliphatic carbocycles. The van der Waals surface area contributed by atoms with E-state index < -0.39 is 29.0 Å². The summed E-state index contributed by atoms with van der Waals surface area (Å²) >= 11 is 0. The van der Waals surface area contributed by atoms with Gasteiger partial charge in [0.1, 0.15) is 17.6 Å². The van der Waals surface area contributed by atoms with Crippen LogP contribution in [0.5, 0.6) is 11.5 Å². The van der Waals surface area contributed by atoms with Gasteiger partial charge in [-0.1, -0.05) is 0 Å². The third kappa shape index (κ3) is 3.78. The number of benzene rings is 1. The Morgan fingerprint density at radius 3 is 2.32 bits per heavy atom. The molecular formula is C12H12F3N5O2. The van der Waals surface area contributed by atoms with Crippen LogP contribution in [0.3, 0.4) is 0 Å². The molecule has 0 aliphatic rings. The molecule has 22 heavy (non-hydrogen) atoms. The number of nitrogens with one attached hydrogen (secondary N) is 2. The molecule has 4 N–H and O–H groups in total. The van der Waals surface area contributed by atoms with Gasteiger partial charge in [-0.2, -0.15) is 23.5 Å². The van der Waals surface area contributed by atoms with Crippen LogP contribution in [0, 0.1) is 16.7 Å². The fourth-order valence-corrected chi connectivity index (χ4v) is 1.47. The number of amidine groups is 1. The van der Waals surface area contributed by atoms with Gasteiger partial charge in [0, 0.05) is 6.07 Å². The molecule has 0 saturated carbocycles. The monoisotopic (exact) mass is 315 g/mol. The lowest BCUT2D eigenvalue weighted by Crippen LogP contribution is -2.22. The lowest BCUT2D eigenvalue weighted by molar-refractivity contribution is -0.138. The smallest absolute Gasteiger partial charge is 0.420 e. The number of rotatable bonds is 5. The van der Waals surface area contributed by atoms with E-state index in [1.807, 2.05) is 0 Å². The molecule has 0 fully saturated rings. The van der Waals surface area contributed by atoms with Crippen LogP contribution in [0.2, 0.25) is 0 Å². The molecule has 0 heterocycles. The van der Waals surface area contributed by atoms with Gasteiger partial charge in [0.05, 0.1) is 25.5 Å². The highest BCUT2D eigenvalue weighted by molar-refractivity contribution is 6.45. The van der Waals surface area contributed by atoms with E-state index in [1.165, 1.54) is 13.2 Å². The van der Waals surface area contributed by atoms with Crippen LogP contribution in [0.15, 0.2) is 17.2 Å². The van der Waals surface area contributed by atoms with Crippen molar-refractivity contribution in [2.75, 3.05) is 19.6 Å². The molecule has 0 saturated heterocycles. The third-order valence-electron chi connectivity index (χ3n) is 2.48. The number of ether oxygens (including phenoxy) is 2. The van der Waals surface area contributed by atoms with Gasteiger partial charge in [0.25, 0.3) is 0 Å². The van der Waals surface area contributed by atoms with Crippen LogP contribution in [0.4, 0.5) is 18.9 Å². The number of anilines is 1. The van der Waals surface area contributed by atoms with E-state index in [4.69, 9.17) is 21.1 Å². The molecule has 0 aromatic heterocycles. The first kappa shape index (κ1) is 17.1. The molecule has 10 heteroatoms. The van der Waals surface area contributed by atoms with E-state index >= 15 is 0 Å². The lowest BCUT2D eigenvalue weighted by atomic mass is 10.1. The van der Waals surface area contributed by atoms with E-state index in [-0.39, 0.29) is 11.4 Å². The fourth-order valence-electron chi connectivity index (χ4n) is 1.47. The molecule has 1 aromatic rings. The quantitative estimate of drug-likeness (QED) is 0.436. The molecule has 0 aliphatic heterocycles. The second-order valence-electron chi connectivity index (χ2n) is 3.85.